The first-order valence-corrected chi connectivity index (χ1v) is 8.02. The molecule has 1 aromatic carbocycles. The van der Waals surface area contributed by atoms with Crippen molar-refractivity contribution in [1.82, 2.24) is 29.9 Å². The van der Waals surface area contributed by atoms with Crippen LogP contribution < -0.4 is 10.9 Å². The molecule has 1 N–H and O–H groups in total. The van der Waals surface area contributed by atoms with Gasteiger partial charge in [0.2, 0.25) is 0 Å². The molecular formula is C16H15ClN6O. The van der Waals surface area contributed by atoms with Crippen LogP contribution in [0.3, 0.4) is 0 Å². The lowest BCUT2D eigenvalue weighted by molar-refractivity contribution is 0.577. The third-order valence-corrected chi connectivity index (χ3v) is 4.37. The number of nitrogens with zero attached hydrogens (tertiary/aromatic N) is 5. The molecule has 8 heteroatoms. The summed E-state index contributed by atoms with van der Waals surface area (Å²) in [5, 5.41) is 12.3. The number of halogens is 1. The van der Waals surface area contributed by atoms with Crippen LogP contribution in [0.5, 0.6) is 0 Å². The van der Waals surface area contributed by atoms with E-state index in [9.17, 15) is 4.79 Å². The van der Waals surface area contributed by atoms with Crippen molar-refractivity contribution < 1.29 is 0 Å². The fourth-order valence-corrected chi connectivity index (χ4v) is 3.08. The van der Waals surface area contributed by atoms with E-state index >= 15 is 0 Å². The molecule has 0 radical (unpaired) electrons. The monoisotopic (exact) mass is 342 g/mol. The van der Waals surface area contributed by atoms with E-state index in [0.29, 0.717) is 18.1 Å². The maximum atomic E-state index is 12.7. The Kier molecular flexibility index (Phi) is 3.87. The molecule has 0 aliphatic carbocycles. The number of hydrogen-bond donors (Lipinski definition) is 1. The number of aromatic nitrogens is 5. The van der Waals surface area contributed by atoms with Gasteiger partial charge in [-0.1, -0.05) is 17.7 Å². The van der Waals surface area contributed by atoms with Crippen LogP contribution in [-0.4, -0.2) is 31.1 Å². The van der Waals surface area contributed by atoms with Crippen LogP contribution >= 0.6 is 11.6 Å². The molecule has 4 rings (SSSR count). The largest absolute Gasteiger partial charge is 0.312 e. The number of nitrogens with one attached hydrogen (secondary N) is 1. The van der Waals surface area contributed by atoms with Crippen LogP contribution in [0.15, 0.2) is 41.8 Å². The lowest BCUT2D eigenvalue weighted by Crippen LogP contribution is -2.34. The first kappa shape index (κ1) is 15.0. The Hall–Kier alpha value is -2.51. The summed E-state index contributed by atoms with van der Waals surface area (Å²) >= 11 is 6.11. The Bertz CT molecular complexity index is 934. The van der Waals surface area contributed by atoms with E-state index in [-0.39, 0.29) is 5.56 Å². The maximum absolute atomic E-state index is 12.7. The summed E-state index contributed by atoms with van der Waals surface area (Å²) in [4.78, 5) is 16.7. The lowest BCUT2D eigenvalue weighted by atomic mass is 10.1. The molecule has 1 aliphatic rings. The average molecular weight is 343 g/mol. The molecule has 122 valence electrons. The quantitative estimate of drug-likeness (QED) is 0.773. The van der Waals surface area contributed by atoms with E-state index in [1.807, 2.05) is 6.07 Å². The summed E-state index contributed by atoms with van der Waals surface area (Å²) in [6.45, 7) is 1.87. The van der Waals surface area contributed by atoms with Crippen LogP contribution in [0.4, 0.5) is 0 Å². The molecule has 0 saturated carbocycles. The molecule has 3 heterocycles. The molecule has 7 nitrogen and oxygen atoms in total. The van der Waals surface area contributed by atoms with Crippen molar-refractivity contribution in [2.75, 3.05) is 6.54 Å². The van der Waals surface area contributed by atoms with E-state index < -0.39 is 0 Å². The molecule has 0 saturated heterocycles. The first-order chi connectivity index (χ1) is 11.7. The fourth-order valence-electron chi connectivity index (χ4n) is 2.91. The Morgan fingerprint density at radius 1 is 1.29 bits per heavy atom. The van der Waals surface area contributed by atoms with Crippen molar-refractivity contribution in [3.05, 3.63) is 69.1 Å². The standard InChI is InChI=1S/C16H15ClN6O/c17-13-2-1-11(15(5-13)23-10-19-9-21-23)8-22-16(24)14-3-4-18-6-12(14)7-20-22/h1-2,5,7,9-10,18H,3-4,6,8H2. The fraction of sp³-hybridized carbons (Fsp3) is 0.250. The second-order valence-electron chi connectivity index (χ2n) is 5.65. The van der Waals surface area contributed by atoms with Crippen LogP contribution in [0.2, 0.25) is 5.02 Å². The average Bonchev–Trinajstić information content (AvgIpc) is 3.13. The Morgan fingerprint density at radius 2 is 2.21 bits per heavy atom. The summed E-state index contributed by atoms with van der Waals surface area (Å²) in [6, 6.07) is 5.48. The van der Waals surface area contributed by atoms with E-state index in [1.54, 1.807) is 29.3 Å². The van der Waals surface area contributed by atoms with Crippen molar-refractivity contribution in [2.24, 2.45) is 0 Å². The highest BCUT2D eigenvalue weighted by Crippen LogP contribution is 2.20. The SMILES string of the molecule is O=c1c2c(cnn1Cc1ccc(Cl)cc1-n1cncn1)CNCC2. The molecule has 1 aliphatic heterocycles. The maximum Gasteiger partial charge on any atom is 0.270 e. The van der Waals surface area contributed by atoms with Gasteiger partial charge in [-0.05, 0) is 36.2 Å². The number of rotatable bonds is 3. The smallest absolute Gasteiger partial charge is 0.270 e. The summed E-state index contributed by atoms with van der Waals surface area (Å²) in [7, 11) is 0. The third-order valence-electron chi connectivity index (χ3n) is 4.13. The minimum Gasteiger partial charge on any atom is -0.312 e. The molecule has 2 aromatic heterocycles. The summed E-state index contributed by atoms with van der Waals surface area (Å²) < 4.78 is 3.13. The molecular weight excluding hydrogens is 328 g/mol. The summed E-state index contributed by atoms with van der Waals surface area (Å²) in [6.07, 6.45) is 5.56. The topological polar surface area (TPSA) is 77.6 Å². The van der Waals surface area contributed by atoms with Gasteiger partial charge in [-0.3, -0.25) is 4.79 Å². The molecule has 0 fully saturated rings. The molecule has 0 atom stereocenters. The van der Waals surface area contributed by atoms with Crippen molar-refractivity contribution in [1.29, 1.82) is 0 Å². The van der Waals surface area contributed by atoms with E-state index in [2.05, 4.69) is 20.5 Å². The van der Waals surface area contributed by atoms with E-state index in [1.165, 1.54) is 11.0 Å². The van der Waals surface area contributed by atoms with Crippen molar-refractivity contribution in [3.8, 4) is 5.69 Å². The summed E-state index contributed by atoms with van der Waals surface area (Å²) in [5.74, 6) is 0. The van der Waals surface area contributed by atoms with Gasteiger partial charge in [-0.25, -0.2) is 14.3 Å². The normalized spacial score (nSPS) is 13.7. The van der Waals surface area contributed by atoms with Crippen LogP contribution in [0.1, 0.15) is 16.7 Å². The molecule has 0 spiro atoms. The lowest BCUT2D eigenvalue weighted by Gasteiger charge is -2.17. The zero-order valence-corrected chi connectivity index (χ0v) is 13.6. The highest BCUT2D eigenvalue weighted by Gasteiger charge is 2.16. The van der Waals surface area contributed by atoms with Gasteiger partial charge in [0, 0.05) is 17.1 Å². The molecule has 0 bridgehead atoms. The van der Waals surface area contributed by atoms with Crippen molar-refractivity contribution in [3.63, 3.8) is 0 Å². The zero-order valence-electron chi connectivity index (χ0n) is 12.8. The molecule has 0 unspecified atom stereocenters. The number of benzene rings is 1. The Balaban J connectivity index is 1.76. The van der Waals surface area contributed by atoms with Gasteiger partial charge in [0.05, 0.1) is 18.4 Å². The van der Waals surface area contributed by atoms with Crippen LogP contribution in [0, 0.1) is 0 Å². The minimum atomic E-state index is -0.0338. The Labute approximate surface area is 142 Å². The molecule has 24 heavy (non-hydrogen) atoms. The molecule has 0 amide bonds. The van der Waals surface area contributed by atoms with Gasteiger partial charge in [0.1, 0.15) is 12.7 Å². The predicted molar refractivity (Wildman–Crippen MR) is 89.4 cm³/mol. The highest BCUT2D eigenvalue weighted by atomic mass is 35.5. The second-order valence-corrected chi connectivity index (χ2v) is 6.09. The van der Waals surface area contributed by atoms with Crippen molar-refractivity contribution >= 4 is 11.6 Å². The van der Waals surface area contributed by atoms with Gasteiger partial charge in [-0.2, -0.15) is 10.2 Å². The minimum absolute atomic E-state index is 0.0338. The second kappa shape index (κ2) is 6.18. The van der Waals surface area contributed by atoms with Gasteiger partial charge >= 0.3 is 0 Å². The van der Waals surface area contributed by atoms with Crippen LogP contribution in [0.25, 0.3) is 5.69 Å². The summed E-state index contributed by atoms with van der Waals surface area (Å²) in [5.41, 5.74) is 3.48. The Morgan fingerprint density at radius 3 is 3.04 bits per heavy atom. The van der Waals surface area contributed by atoms with Gasteiger partial charge in [-0.15, -0.1) is 0 Å². The van der Waals surface area contributed by atoms with Crippen LogP contribution in [-0.2, 0) is 19.5 Å². The predicted octanol–water partition coefficient (Wildman–Crippen LogP) is 1.17. The number of hydrogen-bond acceptors (Lipinski definition) is 5. The van der Waals surface area contributed by atoms with E-state index in [4.69, 9.17) is 11.6 Å². The van der Waals surface area contributed by atoms with Gasteiger partial charge < -0.3 is 5.32 Å². The van der Waals surface area contributed by atoms with Gasteiger partial charge in [0.15, 0.2) is 0 Å². The third kappa shape index (κ3) is 2.72. The van der Waals surface area contributed by atoms with Crippen molar-refractivity contribution in [2.45, 2.75) is 19.5 Å². The molecule has 3 aromatic rings. The number of fused-ring (bicyclic) bond motifs is 1. The zero-order chi connectivity index (χ0) is 16.5. The first-order valence-electron chi connectivity index (χ1n) is 7.64. The highest BCUT2D eigenvalue weighted by molar-refractivity contribution is 6.30. The van der Waals surface area contributed by atoms with Gasteiger partial charge in [0.25, 0.3) is 5.56 Å². The van der Waals surface area contributed by atoms with E-state index in [0.717, 1.165) is 35.3 Å².